The molecule has 15 nitrogen and oxygen atoms in total. The van der Waals surface area contributed by atoms with E-state index in [9.17, 15) is 4.79 Å². The third-order valence-corrected chi connectivity index (χ3v) is 0.175. The van der Waals surface area contributed by atoms with E-state index >= 15 is 0 Å². The number of rotatable bonds is 1. The first-order valence-corrected chi connectivity index (χ1v) is 2.83. The molecule has 107 valence electrons. The summed E-state index contributed by atoms with van der Waals surface area (Å²) in [6, 6.07) is 0. The third kappa shape index (κ3) is 18200. The van der Waals surface area contributed by atoms with Gasteiger partial charge in [-0.3, -0.25) is 4.79 Å². The summed E-state index contributed by atoms with van der Waals surface area (Å²) in [5.74, 6) is -0.968. The molecular formula is C2H5N4O11Ru. The summed E-state index contributed by atoms with van der Waals surface area (Å²) in [7, 11) is 0. The second-order valence-electron chi connectivity index (χ2n) is 1.27. The molecule has 18 heavy (non-hydrogen) atoms. The Morgan fingerprint density at radius 2 is 0.944 bits per heavy atom. The molecule has 0 fully saturated rings. The minimum absolute atomic E-state index is 0. The van der Waals surface area contributed by atoms with Gasteiger partial charge in [-0.15, -0.1) is 0 Å². The minimum Gasteiger partial charge on any atom is -0.480 e. The van der Waals surface area contributed by atoms with Crippen molar-refractivity contribution in [3.05, 3.63) is 46.0 Å². The van der Waals surface area contributed by atoms with Gasteiger partial charge < -0.3 is 56.8 Å². The zero-order chi connectivity index (χ0) is 15.0. The molecule has 0 saturated carbocycles. The van der Waals surface area contributed by atoms with Crippen LogP contribution in [-0.2, 0) is 24.3 Å². The van der Waals surface area contributed by atoms with E-state index in [4.69, 9.17) is 51.1 Å². The van der Waals surface area contributed by atoms with Crippen molar-refractivity contribution >= 4 is 5.97 Å². The van der Waals surface area contributed by atoms with Crippen LogP contribution in [0.2, 0.25) is 0 Å². The molecule has 0 aliphatic carbocycles. The van der Waals surface area contributed by atoms with Gasteiger partial charge in [-0.25, -0.2) is 0 Å². The number of hydrogen-bond acceptors (Lipinski definition) is 11. The molecule has 16 heteroatoms. The molecule has 3 N–H and O–H groups in total. The van der Waals surface area contributed by atoms with Crippen LogP contribution >= 0.6 is 0 Å². The van der Waals surface area contributed by atoms with Crippen LogP contribution in [0.3, 0.4) is 0 Å². The largest absolute Gasteiger partial charge is 3.00 e. The van der Waals surface area contributed by atoms with Crippen molar-refractivity contribution in [2.45, 2.75) is 0 Å². The van der Waals surface area contributed by atoms with Gasteiger partial charge in [0.2, 0.25) is 0 Å². The van der Waals surface area contributed by atoms with Gasteiger partial charge in [-0.1, -0.05) is 0 Å². The van der Waals surface area contributed by atoms with E-state index in [2.05, 4.69) is 5.73 Å². The first-order valence-electron chi connectivity index (χ1n) is 2.83. The molecule has 0 spiro atoms. The molecule has 0 rings (SSSR count). The number of aliphatic carboxylic acids is 1. The molecule has 0 heterocycles. The first-order chi connectivity index (χ1) is 7.47. The van der Waals surface area contributed by atoms with Crippen LogP contribution in [0.4, 0.5) is 0 Å². The summed E-state index contributed by atoms with van der Waals surface area (Å²) in [6.07, 6.45) is 0. The summed E-state index contributed by atoms with van der Waals surface area (Å²) >= 11 is 0. The Bertz CT molecular complexity index is 203. The summed E-state index contributed by atoms with van der Waals surface area (Å²) in [5, 5.41) is 51.8. The van der Waals surface area contributed by atoms with E-state index in [1.807, 2.05) is 0 Å². The van der Waals surface area contributed by atoms with E-state index in [-0.39, 0.29) is 26.0 Å². The van der Waals surface area contributed by atoms with Crippen LogP contribution in [-0.4, -0.2) is 32.9 Å². The van der Waals surface area contributed by atoms with Crippen molar-refractivity contribution < 1.29 is 44.6 Å². The van der Waals surface area contributed by atoms with Gasteiger partial charge in [0, 0.05) is 0 Å². The second kappa shape index (κ2) is 24.1. The molecule has 0 aromatic carbocycles. The fourth-order valence-electron chi connectivity index (χ4n) is 0. The molecule has 0 aromatic heterocycles. The fraction of sp³-hybridized carbons (Fsp3) is 0.500. The number of carboxylic acid groups (broad SMARTS) is 1. The second-order valence-corrected chi connectivity index (χ2v) is 1.27. The average Bonchev–Trinajstić information content (AvgIpc) is 2.00. The van der Waals surface area contributed by atoms with Crippen molar-refractivity contribution in [1.82, 2.24) is 0 Å². The molecule has 0 unspecified atom stereocenters. The molecule has 0 aliphatic rings. The molecule has 0 atom stereocenters. The SMILES string of the molecule is NCC(=O)O.O=[N+]([O-])[O-].O=[N+]([O-])[O-].O=[N+]([O-])[O-].[Ru+3]. The molecule has 0 saturated heterocycles. The van der Waals surface area contributed by atoms with Crippen LogP contribution in [0.25, 0.3) is 0 Å². The van der Waals surface area contributed by atoms with Gasteiger partial charge in [0.05, 0.1) is 21.8 Å². The van der Waals surface area contributed by atoms with Crippen LogP contribution in [0.15, 0.2) is 0 Å². The molecule has 0 aliphatic heterocycles. The zero-order valence-electron chi connectivity index (χ0n) is 8.01. The maximum Gasteiger partial charge on any atom is 3.00 e. The van der Waals surface area contributed by atoms with Gasteiger partial charge in [-0.05, 0) is 0 Å². The number of carbonyl (C=O) groups is 1. The number of nitrogens with two attached hydrogens (primary N) is 1. The maximum atomic E-state index is 9.24. The van der Waals surface area contributed by atoms with E-state index in [0.29, 0.717) is 0 Å². The normalized spacial score (nSPS) is 6.06. The number of hydrogen-bond donors (Lipinski definition) is 2. The Labute approximate surface area is 110 Å². The van der Waals surface area contributed by atoms with Crippen LogP contribution in [0.5, 0.6) is 0 Å². The molecule has 0 bridgehead atoms. The van der Waals surface area contributed by atoms with E-state index in [1.54, 1.807) is 0 Å². The first kappa shape index (κ1) is 29.6. The van der Waals surface area contributed by atoms with Crippen molar-refractivity contribution in [2.75, 3.05) is 6.54 Å². The number of nitrogens with zero attached hydrogens (tertiary/aromatic N) is 3. The molecule has 0 aromatic rings. The van der Waals surface area contributed by atoms with E-state index in [1.165, 1.54) is 0 Å². The Morgan fingerprint density at radius 3 is 0.944 bits per heavy atom. The van der Waals surface area contributed by atoms with Crippen molar-refractivity contribution in [1.29, 1.82) is 0 Å². The molecule has 0 amide bonds. The third-order valence-electron chi connectivity index (χ3n) is 0.175. The van der Waals surface area contributed by atoms with Crippen LogP contribution in [0.1, 0.15) is 0 Å². The van der Waals surface area contributed by atoms with Crippen molar-refractivity contribution in [3.63, 3.8) is 0 Å². The summed E-state index contributed by atoms with van der Waals surface area (Å²) in [5.41, 5.74) is 4.57. The quantitative estimate of drug-likeness (QED) is 0.300. The predicted molar refractivity (Wildman–Crippen MR) is 47.8 cm³/mol. The number of carboxylic acids is 1. The Balaban J connectivity index is -0.0000000412. The summed E-state index contributed by atoms with van der Waals surface area (Å²) < 4.78 is 0. The predicted octanol–water partition coefficient (Wildman–Crippen LogP) is -1.69. The van der Waals surface area contributed by atoms with Gasteiger partial charge in [0.1, 0.15) is 0 Å². The van der Waals surface area contributed by atoms with Crippen LogP contribution < -0.4 is 5.73 Å². The Hall–Kier alpha value is -2.35. The fourth-order valence-corrected chi connectivity index (χ4v) is 0. The molecule has 1 radical (unpaired) electrons. The van der Waals surface area contributed by atoms with Crippen LogP contribution in [0, 0.1) is 46.0 Å². The van der Waals surface area contributed by atoms with Gasteiger partial charge in [0.25, 0.3) is 0 Å². The summed E-state index contributed by atoms with van der Waals surface area (Å²) in [4.78, 5) is 34.0. The maximum absolute atomic E-state index is 9.24. The van der Waals surface area contributed by atoms with Crippen molar-refractivity contribution in [2.24, 2.45) is 5.73 Å². The Kier molecular flexibility index (Phi) is 39.6. The van der Waals surface area contributed by atoms with Gasteiger partial charge >= 0.3 is 25.4 Å². The Morgan fingerprint density at radius 1 is 0.889 bits per heavy atom. The van der Waals surface area contributed by atoms with E-state index < -0.39 is 21.2 Å². The standard InChI is InChI=1S/C2H5NO2.3NO3.Ru/c3-1-2(4)5;3*2-1(3)4;/h1,3H2,(H,4,5);;;;/q;3*-1;+3. The van der Waals surface area contributed by atoms with Gasteiger partial charge in [-0.2, -0.15) is 0 Å². The van der Waals surface area contributed by atoms with Crippen molar-refractivity contribution in [3.8, 4) is 0 Å². The average molecular weight is 362 g/mol. The minimum atomic E-state index is -1.75. The zero-order valence-corrected chi connectivity index (χ0v) is 9.75. The topological polar surface area (TPSA) is 262 Å². The van der Waals surface area contributed by atoms with Gasteiger partial charge in [0.15, 0.2) is 0 Å². The van der Waals surface area contributed by atoms with E-state index in [0.717, 1.165) is 0 Å². The summed E-state index contributed by atoms with van der Waals surface area (Å²) in [6.45, 7) is -0.278. The monoisotopic (exact) mass is 363 g/mol. The molecular weight excluding hydrogens is 357 g/mol. The smallest absolute Gasteiger partial charge is 0.480 e.